The Morgan fingerprint density at radius 2 is 0.737 bits per heavy atom. The maximum atomic E-state index is 2.54. The fourth-order valence-corrected chi connectivity index (χ4v) is 11.9. The molecule has 2 heterocycles. The van der Waals surface area contributed by atoms with E-state index >= 15 is 0 Å². The summed E-state index contributed by atoms with van der Waals surface area (Å²) in [5, 5.41) is 7.43. The van der Waals surface area contributed by atoms with Gasteiger partial charge in [-0.1, -0.05) is 195 Å². The van der Waals surface area contributed by atoms with Gasteiger partial charge in [0.2, 0.25) is 0 Å². The van der Waals surface area contributed by atoms with Crippen LogP contribution in [0.5, 0.6) is 0 Å². The number of anilines is 6. The number of aromatic nitrogens is 1. The van der Waals surface area contributed by atoms with E-state index in [1.54, 1.807) is 0 Å². The molecule has 0 unspecified atom stereocenters. The summed E-state index contributed by atoms with van der Waals surface area (Å²) >= 11 is 0. The van der Waals surface area contributed by atoms with Gasteiger partial charge >= 0.3 is 0 Å². The maximum absolute atomic E-state index is 2.54. The Labute approximate surface area is 448 Å². The molecule has 0 amide bonds. The first-order valence-corrected chi connectivity index (χ1v) is 26.9. The molecule has 12 aromatic rings. The zero-order valence-corrected chi connectivity index (χ0v) is 44.9. The molecule has 1 aliphatic rings. The Hall–Kier alpha value is -8.66. The molecule has 370 valence electrons. The topological polar surface area (TPSA) is 11.4 Å². The molecule has 1 aliphatic heterocycles. The summed E-state index contributed by atoms with van der Waals surface area (Å²) in [5.41, 5.74) is 20.1. The maximum Gasteiger partial charge on any atom is 0.0583 e. The van der Waals surface area contributed by atoms with Crippen molar-refractivity contribution in [2.75, 3.05) is 9.80 Å². The van der Waals surface area contributed by atoms with E-state index in [0.29, 0.717) is 0 Å². The summed E-state index contributed by atoms with van der Waals surface area (Å²) in [4.78, 5) is 4.90. The lowest BCUT2D eigenvalue weighted by Gasteiger charge is -2.36. The average molecular weight is 982 g/mol. The first-order valence-electron chi connectivity index (χ1n) is 26.9. The highest BCUT2D eigenvalue weighted by Crippen LogP contribution is 2.52. The van der Waals surface area contributed by atoms with Gasteiger partial charge < -0.3 is 14.4 Å². The van der Waals surface area contributed by atoms with Crippen LogP contribution < -0.4 is 9.80 Å². The van der Waals surface area contributed by atoms with Crippen LogP contribution in [0.1, 0.15) is 77.6 Å². The second-order valence-electron chi connectivity index (χ2n) is 23.6. The van der Waals surface area contributed by atoms with E-state index in [4.69, 9.17) is 0 Å². The SMILES string of the molecule is CC(C)(C)c1ccc(N(c2ccc(-c3ccc4ccccc4c3)cc2)c2ccc3c(c2)c2cc(N(c4ccc(-c5ccc6ccccc6c5)cc4)c4ccc(C(C)(C)C)cc4)cc4c2n3-c2ccccc2C4(C)C)cc1. The van der Waals surface area contributed by atoms with Crippen molar-refractivity contribution in [2.24, 2.45) is 0 Å². The van der Waals surface area contributed by atoms with Crippen molar-refractivity contribution >= 4 is 77.5 Å². The highest BCUT2D eigenvalue weighted by Gasteiger charge is 2.36. The van der Waals surface area contributed by atoms with E-state index in [0.717, 1.165) is 34.1 Å². The standard InChI is InChI=1S/C73H63N3/c1-71(2,3)56-29-37-60(38-30-56)74(58-33-25-50(26-34-58)54-23-21-48-15-9-11-17-52(48)43-54)62-41-42-68-64(45-62)65-46-63(47-67-70(65)76(68)69-20-14-13-19-66(69)73(67,7)8)75(61-39-31-57(32-40-61)72(4,5)6)59-35-27-51(28-36-59)55-24-22-49-16-10-12-18-53(49)44-55/h9-47H,1-8H3. The third-order valence-electron chi connectivity index (χ3n) is 16.2. The summed E-state index contributed by atoms with van der Waals surface area (Å²) in [5.74, 6) is 0. The number of hydrogen-bond acceptors (Lipinski definition) is 2. The predicted molar refractivity (Wildman–Crippen MR) is 326 cm³/mol. The third-order valence-corrected chi connectivity index (χ3v) is 16.2. The lowest BCUT2D eigenvalue weighted by molar-refractivity contribution is 0.590. The smallest absolute Gasteiger partial charge is 0.0583 e. The molecule has 3 heteroatoms. The summed E-state index contributed by atoms with van der Waals surface area (Å²) in [6, 6.07) is 88.5. The highest BCUT2D eigenvalue weighted by atomic mass is 15.2. The van der Waals surface area contributed by atoms with Crippen molar-refractivity contribution in [2.45, 2.75) is 71.6 Å². The Morgan fingerprint density at radius 1 is 0.329 bits per heavy atom. The number of nitrogens with zero attached hydrogens (tertiary/aromatic N) is 3. The fourth-order valence-electron chi connectivity index (χ4n) is 11.9. The average Bonchev–Trinajstić information content (AvgIpc) is 3.91. The molecule has 0 N–H and O–H groups in total. The van der Waals surface area contributed by atoms with Gasteiger partial charge in [-0.25, -0.2) is 0 Å². The zero-order chi connectivity index (χ0) is 52.1. The molecule has 0 saturated heterocycles. The van der Waals surface area contributed by atoms with Gasteiger partial charge in [-0.05, 0) is 174 Å². The van der Waals surface area contributed by atoms with Crippen molar-refractivity contribution in [3.63, 3.8) is 0 Å². The lowest BCUT2D eigenvalue weighted by Crippen LogP contribution is -2.26. The van der Waals surface area contributed by atoms with E-state index in [1.807, 2.05) is 0 Å². The second-order valence-corrected chi connectivity index (χ2v) is 23.6. The number of hydrogen-bond donors (Lipinski definition) is 0. The van der Waals surface area contributed by atoms with Gasteiger partial charge in [0, 0.05) is 50.3 Å². The molecule has 0 spiro atoms. The van der Waals surface area contributed by atoms with Crippen LogP contribution in [-0.4, -0.2) is 4.57 Å². The summed E-state index contributed by atoms with van der Waals surface area (Å²) in [6.07, 6.45) is 0. The van der Waals surface area contributed by atoms with E-state index in [2.05, 4.69) is 306 Å². The monoisotopic (exact) mass is 982 g/mol. The number of para-hydroxylation sites is 1. The molecule has 0 radical (unpaired) electrons. The van der Waals surface area contributed by atoms with Crippen LogP contribution in [0.15, 0.2) is 237 Å². The third kappa shape index (κ3) is 8.05. The van der Waals surface area contributed by atoms with Gasteiger partial charge in [0.25, 0.3) is 0 Å². The zero-order valence-electron chi connectivity index (χ0n) is 44.9. The van der Waals surface area contributed by atoms with Gasteiger partial charge in [0.05, 0.1) is 16.7 Å². The minimum atomic E-state index is -0.298. The van der Waals surface area contributed by atoms with Crippen molar-refractivity contribution in [3.05, 3.63) is 259 Å². The Kier molecular flexibility index (Phi) is 11.0. The molecule has 0 bridgehead atoms. The Bertz CT molecular complexity index is 4180. The predicted octanol–water partition coefficient (Wildman–Crippen LogP) is 20.6. The molecule has 11 aromatic carbocycles. The van der Waals surface area contributed by atoms with Crippen LogP contribution in [0, 0.1) is 0 Å². The lowest BCUT2D eigenvalue weighted by atomic mass is 9.74. The summed E-state index contributed by atoms with van der Waals surface area (Å²) < 4.78 is 2.54. The van der Waals surface area contributed by atoms with E-state index in [-0.39, 0.29) is 16.2 Å². The van der Waals surface area contributed by atoms with Gasteiger partial charge in [0.1, 0.15) is 0 Å². The molecular weight excluding hydrogens is 919 g/mol. The molecule has 0 fully saturated rings. The van der Waals surface area contributed by atoms with Crippen molar-refractivity contribution in [3.8, 4) is 27.9 Å². The molecular formula is C73H63N3. The molecule has 3 nitrogen and oxygen atoms in total. The van der Waals surface area contributed by atoms with Gasteiger partial charge in [0.15, 0.2) is 0 Å². The molecule has 76 heavy (non-hydrogen) atoms. The molecule has 1 aromatic heterocycles. The Balaban J connectivity index is 1.01. The molecule has 0 saturated carbocycles. The van der Waals surface area contributed by atoms with Crippen LogP contribution in [0.2, 0.25) is 0 Å². The van der Waals surface area contributed by atoms with Crippen LogP contribution in [-0.2, 0) is 16.2 Å². The number of rotatable bonds is 8. The summed E-state index contributed by atoms with van der Waals surface area (Å²) in [6.45, 7) is 18.5. The largest absolute Gasteiger partial charge is 0.310 e. The number of benzene rings is 11. The van der Waals surface area contributed by atoms with Crippen molar-refractivity contribution in [1.82, 2.24) is 4.57 Å². The van der Waals surface area contributed by atoms with E-state index in [9.17, 15) is 0 Å². The van der Waals surface area contributed by atoms with Crippen LogP contribution in [0.4, 0.5) is 34.1 Å². The van der Waals surface area contributed by atoms with Crippen molar-refractivity contribution < 1.29 is 0 Å². The quantitative estimate of drug-likeness (QED) is 0.150. The minimum absolute atomic E-state index is 0.0205. The van der Waals surface area contributed by atoms with E-state index < -0.39 is 0 Å². The second kappa shape index (κ2) is 17.7. The molecule has 0 aliphatic carbocycles. The Morgan fingerprint density at radius 3 is 1.24 bits per heavy atom. The van der Waals surface area contributed by atoms with Crippen LogP contribution in [0.25, 0.3) is 71.3 Å². The first kappa shape index (κ1) is 47.1. The first-order chi connectivity index (χ1) is 36.7. The van der Waals surface area contributed by atoms with Crippen LogP contribution in [0.3, 0.4) is 0 Å². The van der Waals surface area contributed by atoms with Gasteiger partial charge in [-0.15, -0.1) is 0 Å². The number of fused-ring (bicyclic) bond motifs is 7. The molecule has 13 rings (SSSR count). The van der Waals surface area contributed by atoms with Gasteiger partial charge in [-0.2, -0.15) is 0 Å². The van der Waals surface area contributed by atoms with E-state index in [1.165, 1.54) is 93.5 Å². The van der Waals surface area contributed by atoms with Gasteiger partial charge in [-0.3, -0.25) is 0 Å². The highest BCUT2D eigenvalue weighted by molar-refractivity contribution is 6.14. The normalized spacial score (nSPS) is 13.1. The van der Waals surface area contributed by atoms with Crippen LogP contribution >= 0.6 is 0 Å². The fraction of sp³-hybridized carbons (Fsp3) is 0.151. The summed E-state index contributed by atoms with van der Waals surface area (Å²) in [7, 11) is 0. The minimum Gasteiger partial charge on any atom is -0.310 e. The van der Waals surface area contributed by atoms with Crippen molar-refractivity contribution in [1.29, 1.82) is 0 Å². The molecule has 0 atom stereocenters.